The van der Waals surface area contributed by atoms with E-state index in [0.717, 1.165) is 78.4 Å². The minimum atomic E-state index is -0.341. The molecule has 0 saturated carbocycles. The first-order valence-corrected chi connectivity index (χ1v) is 8.37. The monoisotopic (exact) mass is 300 g/mol. The van der Waals surface area contributed by atoms with Crippen LogP contribution in [0, 0.1) is 0 Å². The fourth-order valence-corrected chi connectivity index (χ4v) is 2.92. The van der Waals surface area contributed by atoms with Crippen molar-refractivity contribution in [2.24, 2.45) is 0 Å². The number of likely N-dealkylation sites (N-methyl/N-ethyl adjacent to an activating group) is 1. The summed E-state index contributed by atoms with van der Waals surface area (Å²) < 4.78 is 5.67. The Labute approximate surface area is 129 Å². The largest absolute Gasteiger partial charge is 0.381 e. The summed E-state index contributed by atoms with van der Waals surface area (Å²) in [7, 11) is 2.13. The molecule has 6 nitrogen and oxygen atoms in total. The number of aliphatic hydroxyl groups is 1. The van der Waals surface area contributed by atoms with Crippen LogP contribution in [0.15, 0.2) is 0 Å². The molecule has 1 atom stereocenters. The van der Waals surface area contributed by atoms with Crippen LogP contribution in [-0.4, -0.2) is 105 Å². The molecule has 2 aliphatic rings. The number of piperazine rings is 2. The van der Waals surface area contributed by atoms with Crippen molar-refractivity contribution in [2.75, 3.05) is 79.2 Å². The number of ether oxygens (including phenoxy) is 1. The van der Waals surface area contributed by atoms with E-state index in [9.17, 15) is 5.11 Å². The molecule has 2 heterocycles. The maximum atomic E-state index is 10.1. The van der Waals surface area contributed by atoms with Crippen LogP contribution >= 0.6 is 0 Å². The molecule has 0 aliphatic carbocycles. The SMILES string of the molecule is CN1CCN(C(O)CCOCCCN2CCNCC2)CC1. The summed E-state index contributed by atoms with van der Waals surface area (Å²) in [4.78, 5) is 6.94. The molecular formula is C15H32N4O2. The highest BCUT2D eigenvalue weighted by atomic mass is 16.5. The maximum Gasteiger partial charge on any atom is 0.109 e. The van der Waals surface area contributed by atoms with Gasteiger partial charge in [-0.15, -0.1) is 0 Å². The van der Waals surface area contributed by atoms with E-state index in [0.29, 0.717) is 6.61 Å². The Bertz CT molecular complexity index is 266. The molecule has 0 spiro atoms. The smallest absolute Gasteiger partial charge is 0.109 e. The standard InChI is InChI=1S/C15H32N4O2/c1-17-9-11-19(12-10-17)15(20)3-14-21-13-2-6-18-7-4-16-5-8-18/h15-16,20H,2-14H2,1H3. The van der Waals surface area contributed by atoms with E-state index >= 15 is 0 Å². The van der Waals surface area contributed by atoms with Crippen LogP contribution in [0.2, 0.25) is 0 Å². The van der Waals surface area contributed by atoms with Crippen molar-refractivity contribution in [1.82, 2.24) is 20.0 Å². The van der Waals surface area contributed by atoms with Crippen molar-refractivity contribution in [3.05, 3.63) is 0 Å². The van der Waals surface area contributed by atoms with Crippen LogP contribution in [0.25, 0.3) is 0 Å². The van der Waals surface area contributed by atoms with Gasteiger partial charge in [-0.2, -0.15) is 0 Å². The number of aliphatic hydroxyl groups excluding tert-OH is 1. The molecule has 2 aliphatic heterocycles. The maximum absolute atomic E-state index is 10.1. The molecule has 0 bridgehead atoms. The minimum Gasteiger partial charge on any atom is -0.381 e. The van der Waals surface area contributed by atoms with Gasteiger partial charge in [0.15, 0.2) is 0 Å². The van der Waals surface area contributed by atoms with Gasteiger partial charge in [0.05, 0.1) is 6.61 Å². The molecule has 2 rings (SSSR count). The van der Waals surface area contributed by atoms with Gasteiger partial charge in [0.25, 0.3) is 0 Å². The normalized spacial score (nSPS) is 24.3. The molecule has 0 aromatic heterocycles. The highest BCUT2D eigenvalue weighted by Crippen LogP contribution is 2.06. The lowest BCUT2D eigenvalue weighted by Gasteiger charge is -2.35. The zero-order valence-corrected chi connectivity index (χ0v) is 13.5. The first kappa shape index (κ1) is 17.1. The third kappa shape index (κ3) is 6.59. The van der Waals surface area contributed by atoms with Crippen molar-refractivity contribution in [2.45, 2.75) is 19.1 Å². The van der Waals surface area contributed by atoms with Crippen molar-refractivity contribution in [1.29, 1.82) is 0 Å². The van der Waals surface area contributed by atoms with E-state index in [1.54, 1.807) is 0 Å². The van der Waals surface area contributed by atoms with Gasteiger partial charge >= 0.3 is 0 Å². The lowest BCUT2D eigenvalue weighted by Crippen LogP contribution is -2.49. The van der Waals surface area contributed by atoms with Gasteiger partial charge in [0.1, 0.15) is 6.23 Å². The Hall–Kier alpha value is -0.240. The van der Waals surface area contributed by atoms with Crippen molar-refractivity contribution >= 4 is 0 Å². The molecule has 6 heteroatoms. The van der Waals surface area contributed by atoms with E-state index in [1.807, 2.05) is 0 Å². The summed E-state index contributed by atoms with van der Waals surface area (Å²) >= 11 is 0. The topological polar surface area (TPSA) is 51.2 Å². The number of rotatable bonds is 8. The average molecular weight is 300 g/mol. The average Bonchev–Trinajstić information content (AvgIpc) is 2.52. The van der Waals surface area contributed by atoms with Gasteiger partial charge < -0.3 is 25.0 Å². The lowest BCUT2D eigenvalue weighted by molar-refractivity contribution is -0.0414. The van der Waals surface area contributed by atoms with Crippen molar-refractivity contribution in [3.63, 3.8) is 0 Å². The van der Waals surface area contributed by atoms with Crippen LogP contribution in [0.4, 0.5) is 0 Å². The van der Waals surface area contributed by atoms with E-state index in [2.05, 4.69) is 27.1 Å². The zero-order chi connectivity index (χ0) is 14.9. The predicted octanol–water partition coefficient (Wildman–Crippen LogP) is -0.746. The van der Waals surface area contributed by atoms with Gasteiger partial charge in [-0.25, -0.2) is 0 Å². The highest BCUT2D eigenvalue weighted by Gasteiger charge is 2.19. The molecule has 124 valence electrons. The van der Waals surface area contributed by atoms with Crippen LogP contribution in [0.1, 0.15) is 12.8 Å². The molecule has 0 radical (unpaired) electrons. The molecular weight excluding hydrogens is 268 g/mol. The summed E-state index contributed by atoms with van der Waals surface area (Å²) in [5.74, 6) is 0. The van der Waals surface area contributed by atoms with Crippen LogP contribution in [0.3, 0.4) is 0 Å². The molecule has 2 N–H and O–H groups in total. The fraction of sp³-hybridized carbons (Fsp3) is 1.00. The number of nitrogens with zero attached hydrogens (tertiary/aromatic N) is 3. The van der Waals surface area contributed by atoms with Crippen LogP contribution < -0.4 is 5.32 Å². The predicted molar refractivity (Wildman–Crippen MR) is 84.4 cm³/mol. The summed E-state index contributed by atoms with van der Waals surface area (Å²) in [6.45, 7) is 11.1. The summed E-state index contributed by atoms with van der Waals surface area (Å²) in [6, 6.07) is 0. The Kier molecular flexibility index (Phi) is 7.92. The van der Waals surface area contributed by atoms with Gasteiger partial charge in [-0.3, -0.25) is 4.90 Å². The Morgan fingerprint density at radius 1 is 1.05 bits per heavy atom. The Balaban J connectivity index is 1.43. The molecule has 0 amide bonds. The first-order valence-electron chi connectivity index (χ1n) is 8.37. The molecule has 2 fully saturated rings. The summed E-state index contributed by atoms with van der Waals surface area (Å²) in [5.41, 5.74) is 0. The third-order valence-electron chi connectivity index (χ3n) is 4.45. The summed E-state index contributed by atoms with van der Waals surface area (Å²) in [5, 5.41) is 13.5. The molecule has 0 aromatic rings. The quantitative estimate of drug-likeness (QED) is 0.576. The Morgan fingerprint density at radius 2 is 1.76 bits per heavy atom. The van der Waals surface area contributed by atoms with Gasteiger partial charge in [-0.05, 0) is 13.5 Å². The van der Waals surface area contributed by atoms with E-state index in [-0.39, 0.29) is 6.23 Å². The first-order chi connectivity index (χ1) is 10.3. The van der Waals surface area contributed by atoms with E-state index in [4.69, 9.17) is 4.74 Å². The second-order valence-electron chi connectivity index (χ2n) is 6.17. The van der Waals surface area contributed by atoms with E-state index < -0.39 is 0 Å². The molecule has 0 aromatic carbocycles. The van der Waals surface area contributed by atoms with Crippen LogP contribution in [-0.2, 0) is 4.74 Å². The molecule has 2 saturated heterocycles. The summed E-state index contributed by atoms with van der Waals surface area (Å²) in [6.07, 6.45) is 1.47. The lowest BCUT2D eigenvalue weighted by atomic mass is 10.3. The third-order valence-corrected chi connectivity index (χ3v) is 4.45. The van der Waals surface area contributed by atoms with Crippen LogP contribution in [0.5, 0.6) is 0 Å². The number of hydrogen-bond acceptors (Lipinski definition) is 6. The molecule has 21 heavy (non-hydrogen) atoms. The van der Waals surface area contributed by atoms with Gasteiger partial charge in [-0.1, -0.05) is 0 Å². The number of hydrogen-bond donors (Lipinski definition) is 2. The second kappa shape index (κ2) is 9.71. The van der Waals surface area contributed by atoms with E-state index in [1.165, 1.54) is 0 Å². The second-order valence-corrected chi connectivity index (χ2v) is 6.17. The fourth-order valence-electron chi connectivity index (χ4n) is 2.92. The van der Waals surface area contributed by atoms with Gasteiger partial charge in [0.2, 0.25) is 0 Å². The minimum absolute atomic E-state index is 0.341. The Morgan fingerprint density at radius 3 is 2.48 bits per heavy atom. The van der Waals surface area contributed by atoms with Gasteiger partial charge in [0, 0.05) is 71.9 Å². The zero-order valence-electron chi connectivity index (χ0n) is 13.5. The highest BCUT2D eigenvalue weighted by molar-refractivity contribution is 4.71. The molecule has 1 unspecified atom stereocenters. The number of nitrogens with one attached hydrogen (secondary N) is 1. The van der Waals surface area contributed by atoms with Crippen molar-refractivity contribution in [3.8, 4) is 0 Å². The van der Waals surface area contributed by atoms with Crippen molar-refractivity contribution < 1.29 is 9.84 Å².